The summed E-state index contributed by atoms with van der Waals surface area (Å²) in [6, 6.07) is 3.97. The Morgan fingerprint density at radius 2 is 2.09 bits per heavy atom. The van der Waals surface area contributed by atoms with Gasteiger partial charge in [-0.1, -0.05) is 0 Å². The van der Waals surface area contributed by atoms with Crippen LogP contribution in [0.1, 0.15) is 19.8 Å². The minimum absolute atomic E-state index is 0.527. The Morgan fingerprint density at radius 3 is 2.86 bits per heavy atom. The highest BCUT2D eigenvalue weighted by Gasteiger charge is 2.29. The predicted molar refractivity (Wildman–Crippen MR) is 87.9 cm³/mol. The average Bonchev–Trinajstić information content (AvgIpc) is 2.87. The lowest BCUT2D eigenvalue weighted by molar-refractivity contribution is 0.0352. The van der Waals surface area contributed by atoms with E-state index in [1.165, 1.54) is 0 Å². The summed E-state index contributed by atoms with van der Waals surface area (Å²) in [5.41, 5.74) is 8.33. The number of pyridine rings is 2. The third kappa shape index (κ3) is 1.99. The van der Waals surface area contributed by atoms with E-state index in [1.807, 2.05) is 19.1 Å². The Balaban J connectivity index is 1.91. The van der Waals surface area contributed by atoms with Gasteiger partial charge in [-0.05, 0) is 31.9 Å². The molecule has 0 aliphatic carbocycles. The molecule has 4 N–H and O–H groups in total. The lowest BCUT2D eigenvalue weighted by Gasteiger charge is -2.37. The summed E-state index contributed by atoms with van der Waals surface area (Å²) in [5.74, 6) is 0.527. The fraction of sp³-hybridized carbons (Fsp3) is 0.375. The SMILES string of the molecule is CC1(O)CCN(c2c(N)ncc3[nH]c4ncccc4c23)CC1. The number of anilines is 2. The molecule has 0 radical (unpaired) electrons. The zero-order valence-corrected chi connectivity index (χ0v) is 12.5. The lowest BCUT2D eigenvalue weighted by Crippen LogP contribution is -2.42. The number of aromatic nitrogens is 3. The van der Waals surface area contributed by atoms with Crippen LogP contribution in [0, 0.1) is 0 Å². The van der Waals surface area contributed by atoms with Crippen molar-refractivity contribution in [3.63, 3.8) is 0 Å². The van der Waals surface area contributed by atoms with Gasteiger partial charge in [-0.15, -0.1) is 0 Å². The molecule has 0 unspecified atom stereocenters. The number of aromatic amines is 1. The molecule has 1 fully saturated rings. The van der Waals surface area contributed by atoms with Crippen LogP contribution in [0.5, 0.6) is 0 Å². The number of piperidine rings is 1. The minimum Gasteiger partial charge on any atom is -0.390 e. The number of hydrogen-bond donors (Lipinski definition) is 3. The fourth-order valence-corrected chi connectivity index (χ4v) is 3.25. The van der Waals surface area contributed by atoms with Gasteiger partial charge in [0.2, 0.25) is 0 Å². The molecular weight excluding hydrogens is 278 g/mol. The van der Waals surface area contributed by atoms with Gasteiger partial charge >= 0.3 is 0 Å². The highest BCUT2D eigenvalue weighted by Crippen LogP contribution is 2.38. The molecule has 3 aromatic heterocycles. The van der Waals surface area contributed by atoms with Crippen LogP contribution in [-0.4, -0.2) is 38.7 Å². The second-order valence-electron chi connectivity index (χ2n) is 6.29. The van der Waals surface area contributed by atoms with Crippen LogP contribution in [0.2, 0.25) is 0 Å². The summed E-state index contributed by atoms with van der Waals surface area (Å²) in [6.07, 6.45) is 4.98. The first-order chi connectivity index (χ1) is 10.6. The van der Waals surface area contributed by atoms with E-state index in [0.717, 1.165) is 53.6 Å². The molecule has 0 atom stereocenters. The third-order valence-corrected chi connectivity index (χ3v) is 4.57. The molecule has 6 nitrogen and oxygen atoms in total. The van der Waals surface area contributed by atoms with E-state index in [4.69, 9.17) is 5.73 Å². The highest BCUT2D eigenvalue weighted by molar-refractivity contribution is 6.14. The summed E-state index contributed by atoms with van der Waals surface area (Å²) in [5, 5.41) is 12.3. The van der Waals surface area contributed by atoms with Crippen LogP contribution in [0.3, 0.4) is 0 Å². The molecule has 22 heavy (non-hydrogen) atoms. The average molecular weight is 297 g/mol. The molecule has 4 rings (SSSR count). The molecule has 0 aromatic carbocycles. The Bertz CT molecular complexity index is 844. The van der Waals surface area contributed by atoms with Gasteiger partial charge in [-0.3, -0.25) is 0 Å². The fourth-order valence-electron chi connectivity index (χ4n) is 3.25. The summed E-state index contributed by atoms with van der Waals surface area (Å²) in [7, 11) is 0. The van der Waals surface area contributed by atoms with Crippen molar-refractivity contribution in [3.8, 4) is 0 Å². The summed E-state index contributed by atoms with van der Waals surface area (Å²) >= 11 is 0. The molecule has 1 saturated heterocycles. The summed E-state index contributed by atoms with van der Waals surface area (Å²) < 4.78 is 0. The van der Waals surface area contributed by atoms with Crippen molar-refractivity contribution >= 4 is 33.4 Å². The van der Waals surface area contributed by atoms with E-state index in [9.17, 15) is 5.11 Å². The molecule has 0 spiro atoms. The molecule has 1 aliphatic heterocycles. The number of nitrogens with two attached hydrogens (primary N) is 1. The van der Waals surface area contributed by atoms with Gasteiger partial charge in [0, 0.05) is 30.1 Å². The predicted octanol–water partition coefficient (Wildman–Crippen LogP) is 2.04. The molecule has 0 saturated carbocycles. The summed E-state index contributed by atoms with van der Waals surface area (Å²) in [4.78, 5) is 14.2. The van der Waals surface area contributed by atoms with Crippen molar-refractivity contribution in [2.75, 3.05) is 23.7 Å². The van der Waals surface area contributed by atoms with Crippen LogP contribution in [0.15, 0.2) is 24.5 Å². The van der Waals surface area contributed by atoms with Gasteiger partial charge < -0.3 is 20.7 Å². The van der Waals surface area contributed by atoms with Gasteiger partial charge in [0.05, 0.1) is 23.0 Å². The molecule has 0 bridgehead atoms. The normalized spacial score (nSPS) is 18.2. The number of nitrogens with zero attached hydrogens (tertiary/aromatic N) is 3. The van der Waals surface area contributed by atoms with E-state index in [0.29, 0.717) is 5.82 Å². The minimum atomic E-state index is -0.589. The number of fused-ring (bicyclic) bond motifs is 3. The molecule has 114 valence electrons. The number of H-pyrrole nitrogens is 1. The third-order valence-electron chi connectivity index (χ3n) is 4.57. The van der Waals surface area contributed by atoms with E-state index in [-0.39, 0.29) is 0 Å². The maximum atomic E-state index is 10.2. The van der Waals surface area contributed by atoms with Gasteiger partial charge in [0.25, 0.3) is 0 Å². The molecule has 3 aromatic rings. The molecule has 4 heterocycles. The van der Waals surface area contributed by atoms with Crippen LogP contribution in [0.25, 0.3) is 21.9 Å². The number of nitrogen functional groups attached to an aromatic ring is 1. The van der Waals surface area contributed by atoms with Crippen molar-refractivity contribution in [1.82, 2.24) is 15.0 Å². The van der Waals surface area contributed by atoms with Gasteiger partial charge in [0.15, 0.2) is 0 Å². The zero-order chi connectivity index (χ0) is 15.3. The molecule has 0 amide bonds. The van der Waals surface area contributed by atoms with E-state index < -0.39 is 5.60 Å². The molecular formula is C16H19N5O. The van der Waals surface area contributed by atoms with Crippen molar-refractivity contribution < 1.29 is 5.11 Å². The van der Waals surface area contributed by atoms with Gasteiger partial charge in [-0.2, -0.15) is 0 Å². The van der Waals surface area contributed by atoms with Crippen molar-refractivity contribution in [2.45, 2.75) is 25.4 Å². The lowest BCUT2D eigenvalue weighted by atomic mass is 9.93. The standard InChI is InChI=1S/C16H19N5O/c1-16(22)4-7-21(8-5-16)13-12-10-3-2-6-18-15(10)20-11(12)9-19-14(13)17/h2-3,6,9,22H,4-5,7-8H2,1H3,(H2,17,19)(H,18,20). The largest absolute Gasteiger partial charge is 0.390 e. The molecule has 6 heteroatoms. The number of aliphatic hydroxyl groups is 1. The maximum Gasteiger partial charge on any atom is 0.147 e. The van der Waals surface area contributed by atoms with Crippen LogP contribution in [-0.2, 0) is 0 Å². The molecule has 1 aliphatic rings. The van der Waals surface area contributed by atoms with E-state index in [1.54, 1.807) is 12.4 Å². The van der Waals surface area contributed by atoms with E-state index in [2.05, 4.69) is 19.9 Å². The first-order valence-corrected chi connectivity index (χ1v) is 7.53. The monoisotopic (exact) mass is 297 g/mol. The van der Waals surface area contributed by atoms with Crippen molar-refractivity contribution in [3.05, 3.63) is 24.5 Å². The quantitative estimate of drug-likeness (QED) is 0.639. The topological polar surface area (TPSA) is 91.1 Å². The number of hydrogen-bond acceptors (Lipinski definition) is 5. The highest BCUT2D eigenvalue weighted by atomic mass is 16.3. The first kappa shape index (κ1) is 13.3. The number of nitrogens with one attached hydrogen (secondary N) is 1. The Kier molecular flexibility index (Phi) is 2.77. The van der Waals surface area contributed by atoms with Gasteiger partial charge in [0.1, 0.15) is 11.5 Å². The van der Waals surface area contributed by atoms with Crippen LogP contribution in [0.4, 0.5) is 11.5 Å². The zero-order valence-electron chi connectivity index (χ0n) is 12.5. The smallest absolute Gasteiger partial charge is 0.147 e. The Morgan fingerprint density at radius 1 is 1.32 bits per heavy atom. The summed E-state index contributed by atoms with van der Waals surface area (Å²) in [6.45, 7) is 3.43. The number of rotatable bonds is 1. The van der Waals surface area contributed by atoms with Crippen LogP contribution >= 0.6 is 0 Å². The maximum absolute atomic E-state index is 10.2. The van der Waals surface area contributed by atoms with Crippen molar-refractivity contribution in [2.24, 2.45) is 0 Å². The Labute approximate surface area is 128 Å². The second kappa shape index (κ2) is 4.58. The van der Waals surface area contributed by atoms with Crippen LogP contribution < -0.4 is 10.6 Å². The van der Waals surface area contributed by atoms with Gasteiger partial charge in [-0.25, -0.2) is 9.97 Å². The second-order valence-corrected chi connectivity index (χ2v) is 6.29. The van der Waals surface area contributed by atoms with Crippen molar-refractivity contribution in [1.29, 1.82) is 0 Å². The Hall–Kier alpha value is -2.34. The van der Waals surface area contributed by atoms with E-state index >= 15 is 0 Å². The first-order valence-electron chi connectivity index (χ1n) is 7.53.